The molecule has 5 unspecified atom stereocenters. The van der Waals surface area contributed by atoms with Gasteiger partial charge in [0.05, 0.1) is 6.61 Å². The summed E-state index contributed by atoms with van der Waals surface area (Å²) in [6.07, 6.45) is 4.45. The number of aliphatic carboxylic acids is 1. The van der Waals surface area contributed by atoms with E-state index in [1.807, 2.05) is 37.4 Å². The van der Waals surface area contributed by atoms with Gasteiger partial charge in [0, 0.05) is 23.5 Å². The first-order valence-electron chi connectivity index (χ1n) is 12.2. The summed E-state index contributed by atoms with van der Waals surface area (Å²) in [5.41, 5.74) is 7.27. The summed E-state index contributed by atoms with van der Waals surface area (Å²) < 4.78 is 0. The highest BCUT2D eigenvalue weighted by molar-refractivity contribution is 7.98. The van der Waals surface area contributed by atoms with Gasteiger partial charge in [-0.1, -0.05) is 38.5 Å². The van der Waals surface area contributed by atoms with Crippen molar-refractivity contribution in [2.45, 2.75) is 57.3 Å². The minimum Gasteiger partial charge on any atom is -0.480 e. The zero-order valence-electron chi connectivity index (χ0n) is 21.3. The number of aromatic nitrogens is 1. The van der Waals surface area contributed by atoms with E-state index in [0.29, 0.717) is 12.2 Å². The van der Waals surface area contributed by atoms with Gasteiger partial charge in [0.2, 0.25) is 17.7 Å². The summed E-state index contributed by atoms with van der Waals surface area (Å²) in [6.45, 7) is 3.03. The molecule has 8 N–H and O–H groups in total. The number of H-pyrrole nitrogens is 1. The molecule has 3 amide bonds. The summed E-state index contributed by atoms with van der Waals surface area (Å²) in [5, 5.41) is 27.5. The molecule has 2 rings (SSSR count). The molecule has 1 heterocycles. The number of aromatic amines is 1. The number of hydrogen-bond acceptors (Lipinski definition) is 7. The standard InChI is InChI=1S/C25H37N5O6S/c1-4-14(2)21(24(34)28-19(25(35)36)9-10-37-3)30-23(33)20(29-22(32)17(26)13-31)11-15-12-27-18-8-6-5-7-16(15)18/h5-8,12,14,17,19-21,27,31H,4,9-11,13,26H2,1-3H3,(H,28,34)(H,29,32)(H,30,33)(H,35,36). The molecule has 0 saturated carbocycles. The highest BCUT2D eigenvalue weighted by Gasteiger charge is 2.33. The summed E-state index contributed by atoms with van der Waals surface area (Å²) in [5.74, 6) is -2.88. The van der Waals surface area contributed by atoms with Crippen molar-refractivity contribution >= 4 is 46.4 Å². The molecular formula is C25H37N5O6S. The number of aliphatic hydroxyl groups is 1. The Kier molecular flexibility index (Phi) is 11.9. The molecule has 0 aliphatic rings. The van der Waals surface area contributed by atoms with Gasteiger partial charge in [-0.15, -0.1) is 0 Å². The van der Waals surface area contributed by atoms with E-state index in [-0.39, 0.29) is 18.8 Å². The Hall–Kier alpha value is -3.09. The second kappa shape index (κ2) is 14.6. The lowest BCUT2D eigenvalue weighted by Gasteiger charge is -2.28. The average Bonchev–Trinajstić information content (AvgIpc) is 3.30. The van der Waals surface area contributed by atoms with E-state index >= 15 is 0 Å². The van der Waals surface area contributed by atoms with Gasteiger partial charge in [0.1, 0.15) is 24.2 Å². The maximum atomic E-state index is 13.4. The number of rotatable bonds is 15. The van der Waals surface area contributed by atoms with Gasteiger partial charge in [0.25, 0.3) is 0 Å². The summed E-state index contributed by atoms with van der Waals surface area (Å²) >= 11 is 1.47. The normalized spacial score (nSPS) is 15.3. The van der Waals surface area contributed by atoms with Gasteiger partial charge >= 0.3 is 5.97 Å². The smallest absolute Gasteiger partial charge is 0.326 e. The first-order valence-corrected chi connectivity index (χ1v) is 13.6. The summed E-state index contributed by atoms with van der Waals surface area (Å²) in [6, 6.07) is 3.05. The molecule has 1 aromatic carbocycles. The van der Waals surface area contributed by atoms with Crippen LogP contribution in [0.4, 0.5) is 0 Å². The Labute approximate surface area is 220 Å². The van der Waals surface area contributed by atoms with E-state index in [1.54, 1.807) is 13.1 Å². The van der Waals surface area contributed by atoms with Crippen molar-refractivity contribution in [3.05, 3.63) is 36.0 Å². The Morgan fingerprint density at radius 1 is 1.05 bits per heavy atom. The van der Waals surface area contributed by atoms with Crippen LogP contribution >= 0.6 is 11.8 Å². The predicted octanol–water partition coefficient (Wildman–Crippen LogP) is 0.368. The van der Waals surface area contributed by atoms with Crippen LogP contribution < -0.4 is 21.7 Å². The number of nitrogens with two attached hydrogens (primary N) is 1. The van der Waals surface area contributed by atoms with Crippen molar-refractivity contribution in [3.63, 3.8) is 0 Å². The third kappa shape index (κ3) is 8.48. The first-order chi connectivity index (χ1) is 17.6. The van der Waals surface area contributed by atoms with E-state index in [4.69, 9.17) is 5.73 Å². The van der Waals surface area contributed by atoms with Crippen LogP contribution in [0.1, 0.15) is 32.3 Å². The molecule has 5 atom stereocenters. The van der Waals surface area contributed by atoms with Gasteiger partial charge in [-0.2, -0.15) is 11.8 Å². The average molecular weight is 536 g/mol. The zero-order valence-corrected chi connectivity index (χ0v) is 22.1. The summed E-state index contributed by atoms with van der Waals surface area (Å²) in [4.78, 5) is 53.8. The van der Waals surface area contributed by atoms with Gasteiger partial charge in [-0.3, -0.25) is 14.4 Å². The van der Waals surface area contributed by atoms with Gasteiger partial charge in [-0.25, -0.2) is 4.79 Å². The number of aliphatic hydroxyl groups excluding tert-OH is 1. The van der Waals surface area contributed by atoms with Gasteiger partial charge in [-0.05, 0) is 36.0 Å². The second-order valence-electron chi connectivity index (χ2n) is 8.97. The largest absolute Gasteiger partial charge is 0.480 e. The van der Waals surface area contributed by atoms with Crippen LogP contribution in [0.2, 0.25) is 0 Å². The zero-order chi connectivity index (χ0) is 27.5. The van der Waals surface area contributed by atoms with Crippen LogP contribution in [0, 0.1) is 5.92 Å². The number of carbonyl (C=O) groups excluding carboxylic acids is 3. The number of carboxylic acid groups (broad SMARTS) is 1. The SMILES string of the molecule is CCC(C)C(NC(=O)C(Cc1c[nH]c2ccccc12)NC(=O)C(N)CO)C(=O)NC(CCSC)C(=O)O. The molecule has 204 valence electrons. The summed E-state index contributed by atoms with van der Waals surface area (Å²) in [7, 11) is 0. The van der Waals surface area contributed by atoms with E-state index in [1.165, 1.54) is 11.8 Å². The fourth-order valence-electron chi connectivity index (χ4n) is 3.80. The molecule has 1 aromatic heterocycles. The fourth-order valence-corrected chi connectivity index (χ4v) is 4.27. The van der Waals surface area contributed by atoms with E-state index in [2.05, 4.69) is 20.9 Å². The van der Waals surface area contributed by atoms with Crippen LogP contribution in [0.25, 0.3) is 10.9 Å². The molecule has 11 nitrogen and oxygen atoms in total. The fraction of sp³-hybridized carbons (Fsp3) is 0.520. The molecule has 2 aromatic rings. The Balaban J connectivity index is 2.28. The molecule has 12 heteroatoms. The minimum absolute atomic E-state index is 0.0973. The van der Waals surface area contributed by atoms with Crippen molar-refractivity contribution in [1.29, 1.82) is 0 Å². The van der Waals surface area contributed by atoms with Crippen LogP contribution in [-0.2, 0) is 25.6 Å². The monoisotopic (exact) mass is 535 g/mol. The Morgan fingerprint density at radius 2 is 1.73 bits per heavy atom. The molecule has 0 saturated heterocycles. The maximum Gasteiger partial charge on any atom is 0.326 e. The topological polar surface area (TPSA) is 187 Å². The lowest BCUT2D eigenvalue weighted by molar-refractivity contribution is -0.142. The molecule has 37 heavy (non-hydrogen) atoms. The minimum atomic E-state index is -1.22. The van der Waals surface area contributed by atoms with Crippen LogP contribution in [0.3, 0.4) is 0 Å². The lowest BCUT2D eigenvalue weighted by Crippen LogP contribution is -2.59. The van der Waals surface area contributed by atoms with Crippen molar-refractivity contribution < 1.29 is 29.4 Å². The van der Waals surface area contributed by atoms with E-state index < -0.39 is 54.5 Å². The molecule has 0 spiro atoms. The molecule has 0 bridgehead atoms. The third-order valence-corrected chi connectivity index (χ3v) is 6.93. The number of nitrogens with one attached hydrogen (secondary N) is 4. The Morgan fingerprint density at radius 3 is 2.35 bits per heavy atom. The van der Waals surface area contributed by atoms with Crippen molar-refractivity contribution in [3.8, 4) is 0 Å². The van der Waals surface area contributed by atoms with Gasteiger partial charge < -0.3 is 36.9 Å². The van der Waals surface area contributed by atoms with E-state index in [9.17, 15) is 29.4 Å². The molecular weight excluding hydrogens is 498 g/mol. The highest BCUT2D eigenvalue weighted by Crippen LogP contribution is 2.19. The van der Waals surface area contributed by atoms with Crippen molar-refractivity contribution in [2.24, 2.45) is 11.7 Å². The van der Waals surface area contributed by atoms with Crippen LogP contribution in [-0.4, -0.2) is 81.7 Å². The maximum absolute atomic E-state index is 13.4. The number of para-hydroxylation sites is 1. The molecule has 0 aliphatic carbocycles. The Bertz CT molecular complexity index is 1080. The number of benzene rings is 1. The predicted molar refractivity (Wildman–Crippen MR) is 143 cm³/mol. The highest BCUT2D eigenvalue weighted by atomic mass is 32.2. The lowest BCUT2D eigenvalue weighted by atomic mass is 9.96. The number of thioether (sulfide) groups is 1. The number of fused-ring (bicyclic) bond motifs is 1. The number of amides is 3. The molecule has 0 aliphatic heterocycles. The number of carboxylic acids is 1. The van der Waals surface area contributed by atoms with Crippen molar-refractivity contribution in [2.75, 3.05) is 18.6 Å². The number of hydrogen-bond donors (Lipinski definition) is 7. The quantitative estimate of drug-likeness (QED) is 0.170. The van der Waals surface area contributed by atoms with Crippen LogP contribution in [0.15, 0.2) is 30.5 Å². The molecule has 0 fully saturated rings. The van der Waals surface area contributed by atoms with E-state index in [0.717, 1.165) is 16.5 Å². The van der Waals surface area contributed by atoms with Crippen LogP contribution in [0.5, 0.6) is 0 Å². The van der Waals surface area contributed by atoms with Crippen molar-refractivity contribution in [1.82, 2.24) is 20.9 Å². The molecule has 0 radical (unpaired) electrons. The van der Waals surface area contributed by atoms with Gasteiger partial charge in [0.15, 0.2) is 0 Å². The first kappa shape index (κ1) is 30.1. The second-order valence-corrected chi connectivity index (χ2v) is 9.95. The number of carbonyl (C=O) groups is 4. The third-order valence-electron chi connectivity index (χ3n) is 6.28.